The van der Waals surface area contributed by atoms with Gasteiger partial charge < -0.3 is 29.1 Å². The molecular formula is C34H37B2Cl2N4O4Re-5. The fraction of sp³-hybridized carbons (Fsp3) is 0.118. The van der Waals surface area contributed by atoms with Gasteiger partial charge >= 0.3 is 0 Å². The second kappa shape index (κ2) is 22.1. The number of hydrogen-bond donors (Lipinski definition) is 0. The van der Waals surface area contributed by atoms with E-state index in [0.29, 0.717) is 0 Å². The van der Waals surface area contributed by atoms with Crippen LogP contribution in [0, 0.1) is 0 Å². The average Bonchev–Trinajstić information content (AvgIpc) is 3.86. The van der Waals surface area contributed by atoms with E-state index in [1.54, 1.807) is 26.6 Å². The summed E-state index contributed by atoms with van der Waals surface area (Å²) >= 11 is 9.53. The number of aromatic nitrogens is 4. The Morgan fingerprint density at radius 3 is 0.936 bits per heavy atom. The summed E-state index contributed by atoms with van der Waals surface area (Å²) in [7, 11) is 4.23. The number of hydrogen-bond acceptors (Lipinski definition) is 5. The first-order valence-electron chi connectivity index (χ1n) is 14.3. The normalized spacial score (nSPS) is 10.3. The number of benzene rings is 4. The molecule has 2 aromatic heterocycles. The Kier molecular flexibility index (Phi) is 19.6. The van der Waals surface area contributed by atoms with Gasteiger partial charge in [-0.05, 0) is 38.7 Å². The van der Waals surface area contributed by atoms with Crippen LogP contribution in [0.15, 0.2) is 158 Å². The summed E-state index contributed by atoms with van der Waals surface area (Å²) in [5, 5.41) is 17.3. The van der Waals surface area contributed by atoms with Crippen molar-refractivity contribution in [2.45, 2.75) is 0 Å². The molecule has 0 aliphatic carbocycles. The predicted molar refractivity (Wildman–Crippen MR) is 188 cm³/mol. The zero-order valence-electron chi connectivity index (χ0n) is 26.4. The number of rotatable bonds is 8. The summed E-state index contributed by atoms with van der Waals surface area (Å²) in [6, 6.07) is 44.7. The molecule has 0 fully saturated rings. The fourth-order valence-corrected chi connectivity index (χ4v) is 5.60. The molecule has 0 N–H and O–H groups in total. The van der Waals surface area contributed by atoms with Crippen LogP contribution in [0.4, 0.5) is 0 Å². The van der Waals surface area contributed by atoms with E-state index < -0.39 is 13.0 Å². The van der Waals surface area contributed by atoms with E-state index in [1.165, 1.54) is 0 Å². The number of halogens is 2. The Balaban J connectivity index is 0.000000399. The summed E-state index contributed by atoms with van der Waals surface area (Å²) in [4.78, 5) is 0. The van der Waals surface area contributed by atoms with Crippen molar-refractivity contribution in [3.8, 4) is 0 Å². The van der Waals surface area contributed by atoms with Crippen LogP contribution in [-0.4, -0.2) is 59.0 Å². The molecule has 0 atom stereocenters. The molecule has 0 amide bonds. The molecule has 0 saturated heterocycles. The van der Waals surface area contributed by atoms with Crippen molar-refractivity contribution >= 4 is 58.0 Å². The van der Waals surface area contributed by atoms with Gasteiger partial charge in [-0.25, -0.2) is 10.2 Å². The Morgan fingerprint density at radius 1 is 0.532 bits per heavy atom. The maximum absolute atomic E-state index is 8.25. The smallest absolute Gasteiger partial charge is 0.288 e. The van der Waals surface area contributed by atoms with E-state index in [4.69, 9.17) is 37.6 Å². The second-order valence-electron chi connectivity index (χ2n) is 9.67. The first-order chi connectivity index (χ1) is 22.2. The van der Waals surface area contributed by atoms with Crippen molar-refractivity contribution in [1.29, 1.82) is 0 Å². The van der Waals surface area contributed by atoms with Crippen LogP contribution in [-0.2, 0) is 35.2 Å². The molecule has 4 aromatic carbocycles. The van der Waals surface area contributed by atoms with Crippen molar-refractivity contribution in [3.05, 3.63) is 158 Å². The second-order valence-corrected chi connectivity index (χ2v) is 10.5. The first kappa shape index (κ1) is 41.5. The molecule has 0 spiro atoms. The van der Waals surface area contributed by atoms with E-state index >= 15 is 0 Å². The molecule has 1 radical (unpaired) electrons. The summed E-state index contributed by atoms with van der Waals surface area (Å²) in [6.07, 6.45) is 7.45. The molecule has 13 heteroatoms. The quantitative estimate of drug-likeness (QED) is 0.172. The summed E-state index contributed by atoms with van der Waals surface area (Å²) < 4.78 is 15.8. The molecule has 0 bridgehead atoms. The van der Waals surface area contributed by atoms with E-state index in [0.717, 1.165) is 29.0 Å². The van der Waals surface area contributed by atoms with Gasteiger partial charge in [-0.1, -0.05) is 121 Å². The first-order valence-corrected chi connectivity index (χ1v) is 15.4. The van der Waals surface area contributed by atoms with Crippen molar-refractivity contribution in [2.75, 3.05) is 26.7 Å². The van der Waals surface area contributed by atoms with Crippen molar-refractivity contribution < 1.29 is 40.3 Å². The standard InChI is InChI=1S/2C16H16BN2O.CH2Cl2.CH3O.O.Re/c2*1-20-17(19-14-8-13-18-19,15-9-4-2-5-10-15)16-11-6-3-7-12-16;2-1-3;1-2;;/h2*2-14H,1H3;1H2;1H3;;/q2*-1;;-1;-2;. The topological polar surface area (TPSA) is 106 Å². The number of nitrogens with zero attached hydrogens (tertiary/aromatic N) is 4. The van der Waals surface area contributed by atoms with Crippen LogP contribution in [0.2, 0.25) is 0 Å². The van der Waals surface area contributed by atoms with Gasteiger partial charge in [0.2, 0.25) is 0 Å². The Labute approximate surface area is 301 Å². The van der Waals surface area contributed by atoms with Gasteiger partial charge in [0.25, 0.3) is 13.0 Å². The molecule has 249 valence electrons. The maximum Gasteiger partial charge on any atom is 0.288 e. The van der Waals surface area contributed by atoms with Crippen LogP contribution in [0.25, 0.3) is 0 Å². The van der Waals surface area contributed by atoms with Gasteiger partial charge in [-0.3, -0.25) is 0 Å². The minimum atomic E-state index is -1.55. The summed E-state index contributed by atoms with van der Waals surface area (Å²) in [5.41, 5.74) is 4.41. The van der Waals surface area contributed by atoms with Crippen LogP contribution >= 0.6 is 23.2 Å². The molecule has 6 aromatic rings. The molecular weight excluding hydrogens is 807 g/mol. The van der Waals surface area contributed by atoms with Crippen molar-refractivity contribution in [1.82, 2.24) is 19.4 Å². The van der Waals surface area contributed by atoms with Crippen LogP contribution in [0.5, 0.6) is 0 Å². The number of alkyl halides is 2. The molecule has 8 nitrogen and oxygen atoms in total. The predicted octanol–water partition coefficient (Wildman–Crippen LogP) is 3.55. The molecule has 6 rings (SSSR count). The van der Waals surface area contributed by atoms with E-state index in [2.05, 4.69) is 58.7 Å². The van der Waals surface area contributed by atoms with Crippen LogP contribution in [0.3, 0.4) is 0 Å². The maximum atomic E-state index is 8.25. The van der Waals surface area contributed by atoms with Crippen molar-refractivity contribution in [3.63, 3.8) is 0 Å². The Hall–Kier alpha value is -3.49. The van der Waals surface area contributed by atoms with Crippen molar-refractivity contribution in [2.24, 2.45) is 0 Å². The van der Waals surface area contributed by atoms with E-state index in [-0.39, 0.29) is 31.2 Å². The minimum Gasteiger partial charge on any atom is -2.00 e. The SMILES string of the molecule is CO[B-](c1ccccc1)(c1ccccc1)n1cccn1.CO[B-](c1ccccc1)(c1ccccc1)n1cccn1.C[O-].ClCCl.[O-2].[Re]. The summed E-state index contributed by atoms with van der Waals surface area (Å²) in [5.74, 6) is 0. The zero-order chi connectivity index (χ0) is 32.4. The van der Waals surface area contributed by atoms with Gasteiger partial charge in [-0.2, -0.15) is 29.0 Å². The van der Waals surface area contributed by atoms with Gasteiger partial charge in [0.05, 0.1) is 5.34 Å². The molecule has 0 saturated carbocycles. The monoisotopic (exact) mass is 844 g/mol. The minimum absolute atomic E-state index is 0. The van der Waals surface area contributed by atoms with Gasteiger partial charge in [0.1, 0.15) is 0 Å². The molecule has 0 aliphatic heterocycles. The Bertz CT molecular complexity index is 1390. The van der Waals surface area contributed by atoms with E-state index in [1.807, 2.05) is 107 Å². The van der Waals surface area contributed by atoms with Gasteiger partial charge in [0, 0.05) is 32.8 Å². The van der Waals surface area contributed by atoms with Crippen LogP contribution in [0.1, 0.15) is 0 Å². The summed E-state index contributed by atoms with van der Waals surface area (Å²) in [6.45, 7) is -3.10. The molecule has 2 heterocycles. The zero-order valence-corrected chi connectivity index (χ0v) is 30.7. The Morgan fingerprint density at radius 2 is 0.766 bits per heavy atom. The van der Waals surface area contributed by atoms with Crippen LogP contribution < -0.4 is 27.0 Å². The molecule has 0 unspecified atom stereocenters. The van der Waals surface area contributed by atoms with Gasteiger partial charge in [-0.15, -0.1) is 23.2 Å². The third-order valence-corrected chi connectivity index (χ3v) is 7.48. The molecule has 0 aliphatic rings. The third kappa shape index (κ3) is 9.77. The van der Waals surface area contributed by atoms with E-state index in [9.17, 15) is 0 Å². The van der Waals surface area contributed by atoms with Gasteiger partial charge in [0.15, 0.2) is 0 Å². The fourth-order valence-electron chi connectivity index (χ4n) is 5.60. The third-order valence-electron chi connectivity index (χ3n) is 7.48. The average molecular weight is 844 g/mol. The molecule has 47 heavy (non-hydrogen) atoms. The largest absolute Gasteiger partial charge is 2.00 e.